The Morgan fingerprint density at radius 1 is 1.60 bits per heavy atom. The molecule has 1 aromatic heterocycles. The Kier molecular flexibility index (Phi) is 5.20. The Balaban J connectivity index is 1.81. The lowest BCUT2D eigenvalue weighted by atomic mass is 10.1. The second kappa shape index (κ2) is 6.90. The summed E-state index contributed by atoms with van der Waals surface area (Å²) in [6.07, 6.45) is 3.62. The molecule has 0 saturated carbocycles. The molecule has 2 heterocycles. The molecule has 112 valence electrons. The molecule has 2 rings (SSSR count). The number of carbonyl (C=O) groups is 1. The second-order valence-corrected chi connectivity index (χ2v) is 5.72. The predicted octanol–water partition coefficient (Wildman–Crippen LogP) is 2.02. The number of nitrogens with zero attached hydrogens (tertiary/aromatic N) is 1. The van der Waals surface area contributed by atoms with Gasteiger partial charge in [-0.1, -0.05) is 13.8 Å². The summed E-state index contributed by atoms with van der Waals surface area (Å²) in [6, 6.07) is 1.72. The topological polar surface area (TPSA) is 68.7 Å². The van der Waals surface area contributed by atoms with Crippen LogP contribution in [0.1, 0.15) is 42.8 Å². The molecule has 1 amide bonds. The number of likely N-dealkylation sites (tertiary alicyclic amines) is 1. The van der Waals surface area contributed by atoms with Crippen LogP contribution in [0.4, 0.5) is 0 Å². The number of hydrogen-bond donors (Lipinski definition) is 1. The molecular formula is C15H24N2O3. The summed E-state index contributed by atoms with van der Waals surface area (Å²) in [7, 11) is 0. The highest BCUT2D eigenvalue weighted by molar-refractivity contribution is 5.94. The van der Waals surface area contributed by atoms with Gasteiger partial charge < -0.3 is 19.8 Å². The third kappa shape index (κ3) is 3.84. The molecule has 1 saturated heterocycles. The molecule has 5 heteroatoms. The third-order valence-corrected chi connectivity index (χ3v) is 3.58. The zero-order valence-corrected chi connectivity index (χ0v) is 12.3. The average Bonchev–Trinajstić information content (AvgIpc) is 3.06. The molecule has 0 spiro atoms. The second-order valence-electron chi connectivity index (χ2n) is 5.72. The van der Waals surface area contributed by atoms with Crippen molar-refractivity contribution in [3.05, 3.63) is 23.7 Å². The van der Waals surface area contributed by atoms with Gasteiger partial charge in [0, 0.05) is 19.7 Å². The fourth-order valence-corrected chi connectivity index (χ4v) is 2.30. The minimum atomic E-state index is 0.00316. The predicted molar refractivity (Wildman–Crippen MR) is 76.3 cm³/mol. The van der Waals surface area contributed by atoms with Crippen molar-refractivity contribution < 1.29 is 13.9 Å². The summed E-state index contributed by atoms with van der Waals surface area (Å²) in [5.74, 6) is 1.29. The van der Waals surface area contributed by atoms with Gasteiger partial charge >= 0.3 is 0 Å². The van der Waals surface area contributed by atoms with Gasteiger partial charge in [-0.3, -0.25) is 4.79 Å². The van der Waals surface area contributed by atoms with Crippen molar-refractivity contribution in [3.8, 4) is 0 Å². The number of ether oxygens (including phenoxy) is 1. The standard InChI is InChI=1S/C15H24N2O3/c1-11(2)4-6-19-13-3-5-17(9-13)15(18)12-7-14(8-16)20-10-12/h7,10-11,13H,3-6,8-9,16H2,1-2H3. The summed E-state index contributed by atoms with van der Waals surface area (Å²) >= 11 is 0. The van der Waals surface area contributed by atoms with E-state index in [4.69, 9.17) is 14.9 Å². The molecule has 0 aliphatic carbocycles. The van der Waals surface area contributed by atoms with Gasteiger partial charge in [0.15, 0.2) is 0 Å². The number of amides is 1. The fraction of sp³-hybridized carbons (Fsp3) is 0.667. The van der Waals surface area contributed by atoms with Crippen molar-refractivity contribution >= 4 is 5.91 Å². The lowest BCUT2D eigenvalue weighted by Crippen LogP contribution is -2.30. The van der Waals surface area contributed by atoms with Gasteiger partial charge in [0.25, 0.3) is 5.91 Å². The van der Waals surface area contributed by atoms with Crippen LogP contribution in [0.2, 0.25) is 0 Å². The Morgan fingerprint density at radius 2 is 2.40 bits per heavy atom. The first kappa shape index (κ1) is 15.1. The highest BCUT2D eigenvalue weighted by Crippen LogP contribution is 2.18. The first-order valence-corrected chi connectivity index (χ1v) is 7.28. The van der Waals surface area contributed by atoms with E-state index in [1.165, 1.54) is 6.26 Å². The maximum absolute atomic E-state index is 12.3. The van der Waals surface area contributed by atoms with Crippen molar-refractivity contribution in [2.45, 2.75) is 39.3 Å². The molecule has 0 bridgehead atoms. The Bertz CT molecular complexity index is 442. The number of rotatable bonds is 6. The molecule has 1 atom stereocenters. The molecule has 0 aromatic carbocycles. The highest BCUT2D eigenvalue weighted by Gasteiger charge is 2.28. The van der Waals surface area contributed by atoms with Crippen LogP contribution in [0.3, 0.4) is 0 Å². The van der Waals surface area contributed by atoms with Crippen molar-refractivity contribution in [3.63, 3.8) is 0 Å². The van der Waals surface area contributed by atoms with Crippen LogP contribution in [-0.2, 0) is 11.3 Å². The van der Waals surface area contributed by atoms with Crippen molar-refractivity contribution in [2.75, 3.05) is 19.7 Å². The van der Waals surface area contributed by atoms with E-state index in [1.807, 2.05) is 4.90 Å². The number of carbonyl (C=O) groups excluding carboxylic acids is 1. The van der Waals surface area contributed by atoms with E-state index >= 15 is 0 Å². The van der Waals surface area contributed by atoms with Crippen LogP contribution < -0.4 is 5.73 Å². The molecule has 1 aromatic rings. The zero-order valence-electron chi connectivity index (χ0n) is 12.3. The van der Waals surface area contributed by atoms with Crippen molar-refractivity contribution in [1.29, 1.82) is 0 Å². The normalized spacial score (nSPS) is 19.0. The molecule has 1 unspecified atom stereocenters. The minimum absolute atomic E-state index is 0.00316. The molecule has 1 aliphatic rings. The van der Waals surface area contributed by atoms with Gasteiger partial charge in [-0.05, 0) is 24.8 Å². The van der Waals surface area contributed by atoms with Crippen molar-refractivity contribution in [2.24, 2.45) is 11.7 Å². The van der Waals surface area contributed by atoms with E-state index < -0.39 is 0 Å². The van der Waals surface area contributed by atoms with Crippen LogP contribution in [0, 0.1) is 5.92 Å². The number of nitrogens with two attached hydrogens (primary N) is 1. The lowest BCUT2D eigenvalue weighted by Gasteiger charge is -2.16. The van der Waals surface area contributed by atoms with Gasteiger partial charge in [-0.2, -0.15) is 0 Å². The highest BCUT2D eigenvalue weighted by atomic mass is 16.5. The van der Waals surface area contributed by atoms with E-state index in [2.05, 4.69) is 13.8 Å². The van der Waals surface area contributed by atoms with Crippen molar-refractivity contribution in [1.82, 2.24) is 4.90 Å². The molecule has 5 nitrogen and oxygen atoms in total. The molecule has 20 heavy (non-hydrogen) atoms. The van der Waals surface area contributed by atoms with E-state index in [-0.39, 0.29) is 12.0 Å². The van der Waals surface area contributed by atoms with Gasteiger partial charge in [-0.25, -0.2) is 0 Å². The summed E-state index contributed by atoms with van der Waals surface area (Å²) in [5.41, 5.74) is 6.06. The Labute approximate surface area is 120 Å². The van der Waals surface area contributed by atoms with Crippen LogP contribution in [-0.4, -0.2) is 36.6 Å². The van der Waals surface area contributed by atoms with Crippen LogP contribution in [0.15, 0.2) is 16.7 Å². The monoisotopic (exact) mass is 280 g/mol. The summed E-state index contributed by atoms with van der Waals surface area (Å²) in [4.78, 5) is 14.1. The van der Waals surface area contributed by atoms with Gasteiger partial charge in [-0.15, -0.1) is 0 Å². The van der Waals surface area contributed by atoms with Crippen LogP contribution >= 0.6 is 0 Å². The summed E-state index contributed by atoms with van der Waals surface area (Å²) < 4.78 is 11.0. The Morgan fingerprint density at radius 3 is 3.05 bits per heavy atom. The van der Waals surface area contributed by atoms with Crippen LogP contribution in [0.25, 0.3) is 0 Å². The number of hydrogen-bond acceptors (Lipinski definition) is 4. The van der Waals surface area contributed by atoms with E-state index in [1.54, 1.807) is 6.07 Å². The van der Waals surface area contributed by atoms with Crippen LogP contribution in [0.5, 0.6) is 0 Å². The number of furan rings is 1. The Hall–Kier alpha value is -1.33. The lowest BCUT2D eigenvalue weighted by molar-refractivity contribution is 0.0484. The largest absolute Gasteiger partial charge is 0.467 e. The smallest absolute Gasteiger partial charge is 0.257 e. The quantitative estimate of drug-likeness (QED) is 0.865. The van der Waals surface area contributed by atoms with E-state index in [0.29, 0.717) is 30.3 Å². The molecule has 0 radical (unpaired) electrons. The first-order chi connectivity index (χ1) is 9.60. The van der Waals surface area contributed by atoms with E-state index in [9.17, 15) is 4.79 Å². The van der Waals surface area contributed by atoms with Gasteiger partial charge in [0.2, 0.25) is 0 Å². The van der Waals surface area contributed by atoms with E-state index in [0.717, 1.165) is 26.0 Å². The minimum Gasteiger partial charge on any atom is -0.467 e. The SMILES string of the molecule is CC(C)CCOC1CCN(C(=O)c2coc(CN)c2)C1. The fourth-order valence-electron chi connectivity index (χ4n) is 2.30. The summed E-state index contributed by atoms with van der Waals surface area (Å²) in [5, 5.41) is 0. The maximum Gasteiger partial charge on any atom is 0.257 e. The first-order valence-electron chi connectivity index (χ1n) is 7.28. The molecule has 1 fully saturated rings. The average molecular weight is 280 g/mol. The van der Waals surface area contributed by atoms with Gasteiger partial charge in [0.1, 0.15) is 12.0 Å². The zero-order chi connectivity index (χ0) is 14.5. The summed E-state index contributed by atoms with van der Waals surface area (Å²) in [6.45, 7) is 6.86. The molecular weight excluding hydrogens is 256 g/mol. The van der Waals surface area contributed by atoms with Gasteiger partial charge in [0.05, 0.1) is 18.2 Å². The third-order valence-electron chi connectivity index (χ3n) is 3.58. The maximum atomic E-state index is 12.3. The molecule has 1 aliphatic heterocycles. The molecule has 2 N–H and O–H groups in total.